The third-order valence-electron chi connectivity index (χ3n) is 2.67. The van der Waals surface area contributed by atoms with Gasteiger partial charge in [-0.3, -0.25) is 15.1 Å². The number of rotatable bonds is 4. The van der Waals surface area contributed by atoms with Gasteiger partial charge in [-0.15, -0.1) is 0 Å². The molecule has 0 spiro atoms. The number of aromatic nitrogens is 2. The van der Waals surface area contributed by atoms with E-state index < -0.39 is 11.3 Å². The first-order chi connectivity index (χ1) is 10.1. The molecule has 3 amide bonds. The second kappa shape index (κ2) is 7.03. The quantitative estimate of drug-likeness (QED) is 0.844. The highest BCUT2D eigenvalue weighted by molar-refractivity contribution is 8.00. The second-order valence-corrected chi connectivity index (χ2v) is 5.67. The van der Waals surface area contributed by atoms with Crippen molar-refractivity contribution in [2.75, 3.05) is 6.54 Å². The highest BCUT2D eigenvalue weighted by Crippen LogP contribution is 2.22. The summed E-state index contributed by atoms with van der Waals surface area (Å²) in [6.45, 7) is 3.97. The molecule has 1 aromatic carbocycles. The lowest BCUT2D eigenvalue weighted by Crippen LogP contribution is -2.42. The smallest absolute Gasteiger partial charge is 0.321 e. The molecule has 110 valence electrons. The van der Waals surface area contributed by atoms with Crippen LogP contribution in [0.3, 0.4) is 0 Å². The SMILES string of the molecule is CCNC(=O)NC(=O)[C@H](C)Sc1cnc2ccccc2n1. The number of benzene rings is 1. The Morgan fingerprint density at radius 1 is 1.29 bits per heavy atom. The monoisotopic (exact) mass is 304 g/mol. The van der Waals surface area contributed by atoms with E-state index in [2.05, 4.69) is 20.6 Å². The Kier molecular flexibility index (Phi) is 5.10. The molecule has 0 aliphatic rings. The highest BCUT2D eigenvalue weighted by Gasteiger charge is 2.17. The van der Waals surface area contributed by atoms with Crippen LogP contribution in [0.5, 0.6) is 0 Å². The van der Waals surface area contributed by atoms with Crippen molar-refractivity contribution in [3.05, 3.63) is 30.5 Å². The standard InChI is InChI=1S/C14H16N4O2S/c1-3-15-14(20)18-13(19)9(2)21-12-8-16-10-6-4-5-7-11(10)17-12/h4-9H,3H2,1-2H3,(H2,15,18,19,20)/t9-/m0/s1. The average molecular weight is 304 g/mol. The minimum atomic E-state index is -0.487. The van der Waals surface area contributed by atoms with Crippen molar-refractivity contribution < 1.29 is 9.59 Å². The average Bonchev–Trinajstić information content (AvgIpc) is 2.47. The highest BCUT2D eigenvalue weighted by atomic mass is 32.2. The number of hydrogen-bond donors (Lipinski definition) is 2. The molecular formula is C14H16N4O2S. The van der Waals surface area contributed by atoms with E-state index in [1.54, 1.807) is 20.0 Å². The number of imide groups is 1. The zero-order valence-corrected chi connectivity index (χ0v) is 12.6. The van der Waals surface area contributed by atoms with Crippen LogP contribution in [0.2, 0.25) is 0 Å². The molecule has 0 bridgehead atoms. The first kappa shape index (κ1) is 15.2. The maximum Gasteiger partial charge on any atom is 0.321 e. The van der Waals surface area contributed by atoms with Crippen LogP contribution >= 0.6 is 11.8 Å². The van der Waals surface area contributed by atoms with Gasteiger partial charge in [-0.1, -0.05) is 23.9 Å². The summed E-state index contributed by atoms with van der Waals surface area (Å²) >= 11 is 1.26. The zero-order valence-electron chi connectivity index (χ0n) is 11.8. The van der Waals surface area contributed by atoms with Gasteiger partial charge in [0.15, 0.2) is 0 Å². The minimum absolute atomic E-state index is 0.360. The predicted molar refractivity (Wildman–Crippen MR) is 82.1 cm³/mol. The molecule has 7 heteroatoms. The minimum Gasteiger partial charge on any atom is -0.338 e. The molecule has 1 heterocycles. The molecule has 6 nitrogen and oxygen atoms in total. The van der Waals surface area contributed by atoms with E-state index in [-0.39, 0.29) is 5.91 Å². The third kappa shape index (κ3) is 4.16. The summed E-state index contributed by atoms with van der Waals surface area (Å²) in [6, 6.07) is 7.04. The molecule has 0 saturated carbocycles. The van der Waals surface area contributed by atoms with Gasteiger partial charge in [0, 0.05) is 6.54 Å². The first-order valence-electron chi connectivity index (χ1n) is 6.57. The lowest BCUT2D eigenvalue weighted by Gasteiger charge is -2.11. The van der Waals surface area contributed by atoms with Crippen LogP contribution in [0, 0.1) is 0 Å². The van der Waals surface area contributed by atoms with Crippen molar-refractivity contribution in [1.82, 2.24) is 20.6 Å². The van der Waals surface area contributed by atoms with E-state index in [9.17, 15) is 9.59 Å². The molecule has 0 radical (unpaired) electrons. The summed E-state index contributed by atoms with van der Waals surface area (Å²) in [7, 11) is 0. The molecule has 21 heavy (non-hydrogen) atoms. The number of nitrogens with zero attached hydrogens (tertiary/aromatic N) is 2. The summed E-state index contributed by atoms with van der Waals surface area (Å²) in [6.07, 6.45) is 1.63. The van der Waals surface area contributed by atoms with E-state index in [1.165, 1.54) is 11.8 Å². The molecule has 0 unspecified atom stereocenters. The Morgan fingerprint density at radius 2 is 2.00 bits per heavy atom. The summed E-state index contributed by atoms with van der Waals surface area (Å²) in [5.41, 5.74) is 1.58. The van der Waals surface area contributed by atoms with Gasteiger partial charge in [-0.05, 0) is 26.0 Å². The van der Waals surface area contributed by atoms with E-state index in [0.29, 0.717) is 11.6 Å². The van der Waals surface area contributed by atoms with Crippen molar-refractivity contribution in [2.24, 2.45) is 0 Å². The molecule has 2 N–H and O–H groups in total. The number of urea groups is 1. The molecule has 2 rings (SSSR count). The molecule has 0 aliphatic heterocycles. The fourth-order valence-corrected chi connectivity index (χ4v) is 2.44. The van der Waals surface area contributed by atoms with Crippen LogP contribution in [0.1, 0.15) is 13.8 Å². The topological polar surface area (TPSA) is 84.0 Å². The summed E-state index contributed by atoms with van der Waals surface area (Å²) in [4.78, 5) is 31.9. The van der Waals surface area contributed by atoms with Crippen LogP contribution in [-0.2, 0) is 4.79 Å². The van der Waals surface area contributed by atoms with Gasteiger partial charge in [-0.2, -0.15) is 0 Å². The van der Waals surface area contributed by atoms with Crippen LogP contribution < -0.4 is 10.6 Å². The second-order valence-electron chi connectivity index (χ2n) is 4.31. The maximum atomic E-state index is 11.9. The Morgan fingerprint density at radius 3 is 2.71 bits per heavy atom. The Labute approximate surface area is 126 Å². The number of fused-ring (bicyclic) bond motifs is 1. The molecule has 0 aliphatic carbocycles. The maximum absolute atomic E-state index is 11.9. The Bertz CT molecular complexity index is 662. The largest absolute Gasteiger partial charge is 0.338 e. The van der Waals surface area contributed by atoms with Crippen molar-refractivity contribution in [3.8, 4) is 0 Å². The van der Waals surface area contributed by atoms with Gasteiger partial charge < -0.3 is 5.32 Å². The number of thioether (sulfide) groups is 1. The van der Waals surface area contributed by atoms with Gasteiger partial charge >= 0.3 is 6.03 Å². The van der Waals surface area contributed by atoms with Crippen molar-refractivity contribution in [3.63, 3.8) is 0 Å². The molecule has 0 saturated heterocycles. The van der Waals surface area contributed by atoms with Crippen LogP contribution in [0.15, 0.2) is 35.5 Å². The van der Waals surface area contributed by atoms with Crippen LogP contribution in [0.25, 0.3) is 11.0 Å². The van der Waals surface area contributed by atoms with Gasteiger partial charge in [0.05, 0.1) is 22.5 Å². The van der Waals surface area contributed by atoms with E-state index in [0.717, 1.165) is 11.0 Å². The van der Waals surface area contributed by atoms with Gasteiger partial charge in [0.25, 0.3) is 0 Å². The first-order valence-corrected chi connectivity index (χ1v) is 7.45. The van der Waals surface area contributed by atoms with Crippen LogP contribution in [0.4, 0.5) is 4.79 Å². The normalized spacial score (nSPS) is 11.9. The summed E-state index contributed by atoms with van der Waals surface area (Å²) < 4.78 is 0. The van der Waals surface area contributed by atoms with Gasteiger partial charge in [-0.25, -0.2) is 9.78 Å². The lowest BCUT2D eigenvalue weighted by atomic mass is 10.3. The van der Waals surface area contributed by atoms with E-state index in [4.69, 9.17) is 0 Å². The van der Waals surface area contributed by atoms with Crippen molar-refractivity contribution >= 4 is 34.7 Å². The summed E-state index contributed by atoms with van der Waals surface area (Å²) in [5.74, 6) is -0.360. The number of para-hydroxylation sites is 2. The molecular weight excluding hydrogens is 288 g/mol. The fraction of sp³-hybridized carbons (Fsp3) is 0.286. The molecule has 1 aromatic heterocycles. The lowest BCUT2D eigenvalue weighted by molar-refractivity contribution is -0.119. The fourth-order valence-electron chi connectivity index (χ4n) is 1.65. The van der Waals surface area contributed by atoms with Crippen LogP contribution in [-0.4, -0.2) is 33.7 Å². The zero-order chi connectivity index (χ0) is 15.2. The van der Waals surface area contributed by atoms with Gasteiger partial charge in [0.2, 0.25) is 5.91 Å². The van der Waals surface area contributed by atoms with Gasteiger partial charge in [0.1, 0.15) is 5.03 Å². The van der Waals surface area contributed by atoms with Crippen molar-refractivity contribution in [1.29, 1.82) is 0 Å². The number of carbonyl (C=O) groups excluding carboxylic acids is 2. The third-order valence-corrected chi connectivity index (χ3v) is 3.67. The Hall–Kier alpha value is -2.15. The number of amides is 3. The molecule has 1 atom stereocenters. The van der Waals surface area contributed by atoms with E-state index >= 15 is 0 Å². The van der Waals surface area contributed by atoms with E-state index in [1.807, 2.05) is 24.3 Å². The van der Waals surface area contributed by atoms with Crippen molar-refractivity contribution in [2.45, 2.75) is 24.1 Å². The number of hydrogen-bond acceptors (Lipinski definition) is 5. The number of nitrogens with one attached hydrogen (secondary N) is 2. The molecule has 2 aromatic rings. The Balaban J connectivity index is 2.01. The molecule has 0 fully saturated rings. The summed E-state index contributed by atoms with van der Waals surface area (Å²) in [5, 5.41) is 5.00. The number of carbonyl (C=O) groups is 2. The predicted octanol–water partition coefficient (Wildman–Crippen LogP) is 1.96.